The van der Waals surface area contributed by atoms with Gasteiger partial charge in [-0.05, 0) is 52.0 Å². The van der Waals surface area contributed by atoms with E-state index >= 15 is 0 Å². The van der Waals surface area contributed by atoms with Crippen molar-refractivity contribution in [1.29, 1.82) is 0 Å². The van der Waals surface area contributed by atoms with E-state index in [4.69, 9.17) is 9.47 Å². The Labute approximate surface area is 133 Å². The van der Waals surface area contributed by atoms with Gasteiger partial charge in [0.25, 0.3) is 5.91 Å². The van der Waals surface area contributed by atoms with Gasteiger partial charge < -0.3 is 14.8 Å². The van der Waals surface area contributed by atoms with Crippen molar-refractivity contribution in [3.8, 4) is 11.5 Å². The SMILES string of the molecule is COc1ccc(OCC(=O)NCCN(C(C)C)C(C)C)cc1. The number of benzene rings is 1. The number of rotatable bonds is 9. The molecule has 1 N–H and O–H groups in total. The van der Waals surface area contributed by atoms with Crippen LogP contribution < -0.4 is 14.8 Å². The molecule has 22 heavy (non-hydrogen) atoms. The van der Waals surface area contributed by atoms with Crippen LogP contribution in [-0.2, 0) is 4.79 Å². The van der Waals surface area contributed by atoms with Crippen molar-refractivity contribution < 1.29 is 14.3 Å². The minimum atomic E-state index is -0.108. The lowest BCUT2D eigenvalue weighted by Gasteiger charge is -2.30. The van der Waals surface area contributed by atoms with Crippen molar-refractivity contribution in [2.75, 3.05) is 26.8 Å². The number of ether oxygens (including phenoxy) is 2. The molecule has 0 unspecified atom stereocenters. The molecule has 0 saturated carbocycles. The van der Waals surface area contributed by atoms with E-state index in [2.05, 4.69) is 37.9 Å². The maximum absolute atomic E-state index is 11.8. The summed E-state index contributed by atoms with van der Waals surface area (Å²) in [4.78, 5) is 14.1. The minimum absolute atomic E-state index is 0.0235. The standard InChI is InChI=1S/C17H28N2O3/c1-13(2)19(14(3)4)11-10-18-17(20)12-22-16-8-6-15(21-5)7-9-16/h6-9,13-14H,10-12H2,1-5H3,(H,18,20). The van der Waals surface area contributed by atoms with Crippen LogP contribution in [0.25, 0.3) is 0 Å². The lowest BCUT2D eigenvalue weighted by molar-refractivity contribution is -0.123. The average Bonchev–Trinajstić information content (AvgIpc) is 2.49. The van der Waals surface area contributed by atoms with E-state index in [1.54, 1.807) is 31.4 Å². The Morgan fingerprint density at radius 1 is 1.09 bits per heavy atom. The van der Waals surface area contributed by atoms with E-state index in [1.165, 1.54) is 0 Å². The number of nitrogens with one attached hydrogen (secondary N) is 1. The maximum atomic E-state index is 11.8. The van der Waals surface area contributed by atoms with Gasteiger partial charge in [-0.15, -0.1) is 0 Å². The summed E-state index contributed by atoms with van der Waals surface area (Å²) in [5.41, 5.74) is 0. The van der Waals surface area contributed by atoms with Crippen molar-refractivity contribution in [3.05, 3.63) is 24.3 Å². The largest absolute Gasteiger partial charge is 0.497 e. The normalized spacial score (nSPS) is 11.1. The van der Waals surface area contributed by atoms with Gasteiger partial charge in [-0.2, -0.15) is 0 Å². The van der Waals surface area contributed by atoms with Crippen LogP contribution in [0.5, 0.6) is 11.5 Å². The first-order valence-electron chi connectivity index (χ1n) is 7.73. The second-order valence-electron chi connectivity index (χ2n) is 5.74. The quantitative estimate of drug-likeness (QED) is 0.760. The predicted octanol–water partition coefficient (Wildman–Crippen LogP) is 2.31. The minimum Gasteiger partial charge on any atom is -0.497 e. The molecule has 0 atom stereocenters. The van der Waals surface area contributed by atoms with Crippen LogP contribution in [0.15, 0.2) is 24.3 Å². The summed E-state index contributed by atoms with van der Waals surface area (Å²) in [5, 5.41) is 2.89. The Kier molecular flexibility index (Phi) is 7.74. The van der Waals surface area contributed by atoms with Crippen LogP contribution in [0.2, 0.25) is 0 Å². The molecule has 0 aliphatic rings. The fourth-order valence-electron chi connectivity index (χ4n) is 2.31. The van der Waals surface area contributed by atoms with Gasteiger partial charge in [0.2, 0.25) is 0 Å². The lowest BCUT2D eigenvalue weighted by atomic mass is 10.2. The van der Waals surface area contributed by atoms with Gasteiger partial charge in [-0.25, -0.2) is 0 Å². The van der Waals surface area contributed by atoms with Crippen molar-refractivity contribution in [3.63, 3.8) is 0 Å². The molecular formula is C17H28N2O3. The zero-order valence-corrected chi connectivity index (χ0v) is 14.3. The molecule has 1 amide bonds. The molecule has 0 saturated heterocycles. The van der Waals surface area contributed by atoms with Crippen LogP contribution in [-0.4, -0.2) is 49.7 Å². The topological polar surface area (TPSA) is 50.8 Å². The third kappa shape index (κ3) is 6.35. The molecule has 0 fully saturated rings. The number of carbonyl (C=O) groups excluding carboxylic acids is 1. The molecule has 0 aromatic heterocycles. The Bertz CT molecular complexity index is 436. The molecule has 5 heteroatoms. The highest BCUT2D eigenvalue weighted by atomic mass is 16.5. The Balaban J connectivity index is 2.28. The van der Waals surface area contributed by atoms with E-state index in [-0.39, 0.29) is 12.5 Å². The zero-order chi connectivity index (χ0) is 16.5. The molecule has 0 heterocycles. The summed E-state index contributed by atoms with van der Waals surface area (Å²) >= 11 is 0. The monoisotopic (exact) mass is 308 g/mol. The first kappa shape index (κ1) is 18.3. The van der Waals surface area contributed by atoms with Gasteiger partial charge >= 0.3 is 0 Å². The molecule has 0 radical (unpaired) electrons. The van der Waals surface area contributed by atoms with E-state index in [1.807, 2.05) is 0 Å². The summed E-state index contributed by atoms with van der Waals surface area (Å²) in [6.07, 6.45) is 0. The number of carbonyl (C=O) groups is 1. The van der Waals surface area contributed by atoms with Crippen molar-refractivity contribution in [1.82, 2.24) is 10.2 Å². The van der Waals surface area contributed by atoms with Crippen molar-refractivity contribution in [2.24, 2.45) is 0 Å². The third-order valence-corrected chi connectivity index (χ3v) is 3.45. The lowest BCUT2D eigenvalue weighted by Crippen LogP contribution is -2.43. The fourth-order valence-corrected chi connectivity index (χ4v) is 2.31. The molecule has 0 aliphatic carbocycles. The average molecular weight is 308 g/mol. The van der Waals surface area contributed by atoms with E-state index in [0.717, 1.165) is 12.3 Å². The molecule has 1 aromatic rings. The number of methoxy groups -OCH3 is 1. The Morgan fingerprint density at radius 3 is 2.14 bits per heavy atom. The maximum Gasteiger partial charge on any atom is 0.257 e. The van der Waals surface area contributed by atoms with Crippen molar-refractivity contribution >= 4 is 5.91 Å². The Morgan fingerprint density at radius 2 is 1.64 bits per heavy atom. The van der Waals surface area contributed by atoms with E-state index in [0.29, 0.717) is 24.4 Å². The highest BCUT2D eigenvalue weighted by Crippen LogP contribution is 2.16. The highest BCUT2D eigenvalue weighted by Gasteiger charge is 2.13. The van der Waals surface area contributed by atoms with Crippen LogP contribution in [0.4, 0.5) is 0 Å². The molecule has 1 rings (SSSR count). The zero-order valence-electron chi connectivity index (χ0n) is 14.3. The van der Waals surface area contributed by atoms with E-state index in [9.17, 15) is 4.79 Å². The first-order valence-corrected chi connectivity index (χ1v) is 7.73. The number of hydrogen-bond donors (Lipinski definition) is 1. The predicted molar refractivity (Wildman–Crippen MR) is 88.5 cm³/mol. The Hall–Kier alpha value is -1.75. The van der Waals surface area contributed by atoms with E-state index < -0.39 is 0 Å². The van der Waals surface area contributed by atoms with Crippen LogP contribution in [0.1, 0.15) is 27.7 Å². The molecular weight excluding hydrogens is 280 g/mol. The summed E-state index contributed by atoms with van der Waals surface area (Å²) in [6.45, 7) is 10.1. The molecule has 124 valence electrons. The number of nitrogens with zero attached hydrogens (tertiary/aromatic N) is 1. The first-order chi connectivity index (χ1) is 10.4. The third-order valence-electron chi connectivity index (χ3n) is 3.45. The summed E-state index contributed by atoms with van der Waals surface area (Å²) in [5.74, 6) is 1.31. The smallest absolute Gasteiger partial charge is 0.257 e. The summed E-state index contributed by atoms with van der Waals surface area (Å²) in [7, 11) is 1.61. The number of amides is 1. The van der Waals surface area contributed by atoms with Gasteiger partial charge in [-0.1, -0.05) is 0 Å². The second-order valence-corrected chi connectivity index (χ2v) is 5.74. The van der Waals surface area contributed by atoms with Crippen LogP contribution >= 0.6 is 0 Å². The van der Waals surface area contributed by atoms with Gasteiger partial charge in [-0.3, -0.25) is 9.69 Å². The molecule has 0 aliphatic heterocycles. The van der Waals surface area contributed by atoms with Gasteiger partial charge in [0.05, 0.1) is 7.11 Å². The van der Waals surface area contributed by atoms with Gasteiger partial charge in [0.1, 0.15) is 11.5 Å². The number of hydrogen-bond acceptors (Lipinski definition) is 4. The second kappa shape index (κ2) is 9.30. The summed E-state index contributed by atoms with van der Waals surface area (Å²) in [6, 6.07) is 8.10. The van der Waals surface area contributed by atoms with Crippen LogP contribution in [0, 0.1) is 0 Å². The highest BCUT2D eigenvalue weighted by molar-refractivity contribution is 5.77. The van der Waals surface area contributed by atoms with Gasteiger partial charge in [0.15, 0.2) is 6.61 Å². The van der Waals surface area contributed by atoms with Gasteiger partial charge in [0, 0.05) is 25.2 Å². The molecule has 0 bridgehead atoms. The molecule has 1 aromatic carbocycles. The van der Waals surface area contributed by atoms with Crippen LogP contribution in [0.3, 0.4) is 0 Å². The fraction of sp³-hybridized carbons (Fsp3) is 0.588. The van der Waals surface area contributed by atoms with Crippen molar-refractivity contribution in [2.45, 2.75) is 39.8 Å². The summed E-state index contributed by atoms with van der Waals surface area (Å²) < 4.78 is 10.5. The molecule has 0 spiro atoms. The molecule has 5 nitrogen and oxygen atoms in total.